The molecule has 0 spiro atoms. The van der Waals surface area contributed by atoms with Crippen LogP contribution < -0.4 is 0 Å². The van der Waals surface area contributed by atoms with Gasteiger partial charge in [0.1, 0.15) is 22.3 Å². The van der Waals surface area contributed by atoms with Crippen LogP contribution in [-0.2, 0) is 16.2 Å². The maximum Gasteiger partial charge on any atom is 0.143 e. The lowest BCUT2D eigenvalue weighted by Gasteiger charge is -2.34. The summed E-state index contributed by atoms with van der Waals surface area (Å²) in [6, 6.07) is 143. The van der Waals surface area contributed by atoms with Crippen molar-refractivity contribution in [2.45, 2.75) is 16.2 Å². The van der Waals surface area contributed by atoms with Crippen molar-refractivity contribution < 1.29 is 8.83 Å². The average molecular weight is 1630 g/mol. The molecule has 6 heteroatoms. The monoisotopic (exact) mass is 1630 g/mol. The molecule has 524 valence electrons. The minimum atomic E-state index is -0.482. The molecule has 3 heterocycles. The number of hydrogen-bond acceptors (Lipinski definition) is 3. The summed E-state index contributed by atoms with van der Waals surface area (Å²) in [5.74, 6) is 0. The molecule has 0 unspecified atom stereocenters. The molecule has 111 heavy (non-hydrogen) atoms. The molecular weight excluding hydrogens is 1560 g/mol. The standard InChI is InChI=1S/C37H23BrO.C37H23BrS.C31H19BrO/c38-27-13-8-12-26(23-27)37(33-19-4-1-14-29(33)30-15-2-5-20-34(30)37)25-11-7-10-24(22-25)28-17-9-18-32-31-16-3-6-21-35(31)39-36(28)32;38-27-10-7-9-26(23-27)37(33-16-4-1-11-29(33)30-12-2-5-17-34(30)37)25-21-19-24(20-22-25)28-14-8-15-32-31-13-3-6-18-35(31)39-36(28)32;32-21-10-7-9-20(19-21)31(26-15-4-1-11-22(26)23-12-2-5-16-27(23)31)28-17-8-14-25-24-13-3-6-18-29(24)33-30(25)28/h2*1-23H;1-19H. The van der Waals surface area contributed by atoms with Gasteiger partial charge in [-0.2, -0.15) is 0 Å². The van der Waals surface area contributed by atoms with Crippen LogP contribution in [-0.4, -0.2) is 0 Å². The van der Waals surface area contributed by atoms with Crippen LogP contribution in [0, 0.1) is 0 Å². The Labute approximate surface area is 672 Å². The number of benzene rings is 17. The highest BCUT2D eigenvalue weighted by molar-refractivity contribution is 9.11. The first-order chi connectivity index (χ1) is 54.8. The van der Waals surface area contributed by atoms with Crippen molar-refractivity contribution in [1.29, 1.82) is 0 Å². The Balaban J connectivity index is 0.000000106. The highest BCUT2D eigenvalue weighted by Gasteiger charge is 2.50. The van der Waals surface area contributed by atoms with Gasteiger partial charge in [-0.05, 0) is 172 Å². The van der Waals surface area contributed by atoms with Crippen LogP contribution in [0.4, 0.5) is 0 Å². The SMILES string of the molecule is Brc1cccc(C2(c3ccc(-c4cccc5c4sc4ccccc45)cc3)c3ccccc3-c3ccccc32)c1.Brc1cccc(C2(c3cccc(-c4cccc5c4oc4ccccc45)c3)c3ccccc3-c3ccccc32)c1.Brc1cccc(C2(c3cccc4c3oc3ccccc34)c3ccccc3-c3ccccc32)c1. The third-order valence-electron chi connectivity index (χ3n) is 23.5. The van der Waals surface area contributed by atoms with E-state index in [0.717, 1.165) is 68.4 Å². The van der Waals surface area contributed by atoms with Gasteiger partial charge >= 0.3 is 0 Å². The van der Waals surface area contributed by atoms with E-state index in [2.05, 4.69) is 424 Å². The van der Waals surface area contributed by atoms with E-state index >= 15 is 0 Å². The van der Waals surface area contributed by atoms with E-state index in [1.54, 1.807) is 0 Å². The van der Waals surface area contributed by atoms with Gasteiger partial charge in [-0.3, -0.25) is 0 Å². The maximum atomic E-state index is 6.59. The molecule has 23 rings (SSSR count). The summed E-state index contributed by atoms with van der Waals surface area (Å²) in [5.41, 5.74) is 30.3. The molecule has 0 saturated carbocycles. The lowest BCUT2D eigenvalue weighted by Crippen LogP contribution is -2.28. The molecule has 3 aromatic heterocycles. The number of para-hydroxylation sites is 4. The second-order valence-corrected chi connectivity index (χ2v) is 32.9. The number of rotatable bonds is 8. The molecule has 0 N–H and O–H groups in total. The second-order valence-electron chi connectivity index (χ2n) is 29.1. The fraction of sp³-hybridized carbons (Fsp3) is 0.0286. The molecule has 2 nitrogen and oxygen atoms in total. The van der Waals surface area contributed by atoms with Crippen LogP contribution in [0.5, 0.6) is 0 Å². The predicted octanol–water partition coefficient (Wildman–Crippen LogP) is 29.9. The Morgan fingerprint density at radius 2 is 0.541 bits per heavy atom. The lowest BCUT2D eigenvalue weighted by atomic mass is 9.67. The van der Waals surface area contributed by atoms with Gasteiger partial charge in [0.15, 0.2) is 0 Å². The number of halogens is 3. The van der Waals surface area contributed by atoms with Crippen molar-refractivity contribution in [2.24, 2.45) is 0 Å². The molecule has 3 aliphatic rings. The van der Waals surface area contributed by atoms with Gasteiger partial charge < -0.3 is 8.83 Å². The maximum absolute atomic E-state index is 6.59. The van der Waals surface area contributed by atoms with E-state index in [4.69, 9.17) is 8.83 Å². The first kappa shape index (κ1) is 67.1. The van der Waals surface area contributed by atoms with Crippen LogP contribution in [0.1, 0.15) is 66.8 Å². The summed E-state index contributed by atoms with van der Waals surface area (Å²) in [5, 5.41) is 7.27. The summed E-state index contributed by atoms with van der Waals surface area (Å²) in [6.45, 7) is 0. The van der Waals surface area contributed by atoms with Gasteiger partial charge in [0.25, 0.3) is 0 Å². The first-order valence-corrected chi connectivity index (χ1v) is 40.8. The average Bonchev–Trinajstić information content (AvgIpc) is 1.55. The minimum absolute atomic E-state index is 0.390. The smallest absolute Gasteiger partial charge is 0.143 e. The Hall–Kier alpha value is -12.0. The Bertz CT molecular complexity index is 6980. The number of hydrogen-bond donors (Lipinski definition) is 0. The summed E-state index contributed by atoms with van der Waals surface area (Å²) >= 11 is 13.2. The first-order valence-electron chi connectivity index (χ1n) is 37.6. The zero-order valence-electron chi connectivity index (χ0n) is 59.9. The molecule has 0 atom stereocenters. The third-order valence-corrected chi connectivity index (χ3v) is 26.2. The van der Waals surface area contributed by atoms with Gasteiger partial charge in [0.2, 0.25) is 0 Å². The molecule has 0 amide bonds. The fourth-order valence-electron chi connectivity index (χ4n) is 19.0. The molecule has 0 bridgehead atoms. The topological polar surface area (TPSA) is 26.3 Å². The van der Waals surface area contributed by atoms with Crippen molar-refractivity contribution in [3.8, 4) is 55.6 Å². The predicted molar refractivity (Wildman–Crippen MR) is 473 cm³/mol. The van der Waals surface area contributed by atoms with Crippen molar-refractivity contribution in [3.63, 3.8) is 0 Å². The fourth-order valence-corrected chi connectivity index (χ4v) is 21.5. The Morgan fingerprint density at radius 1 is 0.207 bits per heavy atom. The summed E-state index contributed by atoms with van der Waals surface area (Å²) in [7, 11) is 0. The molecule has 20 aromatic rings. The Morgan fingerprint density at radius 3 is 1.04 bits per heavy atom. The molecule has 0 saturated heterocycles. The van der Waals surface area contributed by atoms with Crippen LogP contribution in [0.15, 0.2) is 417 Å². The molecule has 0 radical (unpaired) electrons. The van der Waals surface area contributed by atoms with Crippen molar-refractivity contribution >= 4 is 123 Å². The van der Waals surface area contributed by atoms with Gasteiger partial charge in [-0.1, -0.05) is 381 Å². The van der Waals surface area contributed by atoms with E-state index in [1.165, 1.54) is 131 Å². The summed E-state index contributed by atoms with van der Waals surface area (Å²) in [6.07, 6.45) is 0. The molecule has 17 aromatic carbocycles. The lowest BCUT2D eigenvalue weighted by molar-refractivity contribution is 0.648. The van der Waals surface area contributed by atoms with Crippen LogP contribution >= 0.6 is 59.1 Å². The van der Waals surface area contributed by atoms with E-state index in [-0.39, 0.29) is 5.41 Å². The summed E-state index contributed by atoms with van der Waals surface area (Å²) in [4.78, 5) is 0. The quantitative estimate of drug-likeness (QED) is 0.152. The van der Waals surface area contributed by atoms with Crippen molar-refractivity contribution in [3.05, 3.63) is 474 Å². The third kappa shape index (κ3) is 10.4. The molecule has 0 aliphatic heterocycles. The van der Waals surface area contributed by atoms with E-state index in [9.17, 15) is 0 Å². The molecular formula is C105H65Br3O2S. The molecule has 0 fully saturated rings. The largest absolute Gasteiger partial charge is 0.456 e. The van der Waals surface area contributed by atoms with Gasteiger partial charge in [0, 0.05) is 66.3 Å². The van der Waals surface area contributed by atoms with Gasteiger partial charge in [0.05, 0.1) is 16.2 Å². The van der Waals surface area contributed by atoms with Crippen LogP contribution in [0.3, 0.4) is 0 Å². The zero-order chi connectivity index (χ0) is 73.9. The number of thiophene rings is 1. The van der Waals surface area contributed by atoms with Crippen LogP contribution in [0.25, 0.3) is 120 Å². The highest BCUT2D eigenvalue weighted by Crippen LogP contribution is 2.61. The van der Waals surface area contributed by atoms with Gasteiger partial charge in [-0.15, -0.1) is 11.3 Å². The van der Waals surface area contributed by atoms with E-state index in [0.29, 0.717) is 0 Å². The minimum Gasteiger partial charge on any atom is -0.456 e. The van der Waals surface area contributed by atoms with E-state index < -0.39 is 10.8 Å². The number of furan rings is 2. The zero-order valence-corrected chi connectivity index (χ0v) is 65.5. The number of fused-ring (bicyclic) bond motifs is 18. The molecule has 3 aliphatic carbocycles. The van der Waals surface area contributed by atoms with Crippen molar-refractivity contribution in [1.82, 2.24) is 0 Å². The highest BCUT2D eigenvalue weighted by atomic mass is 79.9. The summed E-state index contributed by atoms with van der Waals surface area (Å²) < 4.78 is 18.9. The Kier molecular flexibility index (Phi) is 16.3. The second kappa shape index (κ2) is 26.9. The van der Waals surface area contributed by atoms with Crippen LogP contribution in [0.2, 0.25) is 0 Å². The van der Waals surface area contributed by atoms with E-state index in [1.807, 2.05) is 29.5 Å². The normalized spacial score (nSPS) is 13.6. The van der Waals surface area contributed by atoms with Crippen molar-refractivity contribution in [2.75, 3.05) is 0 Å². The van der Waals surface area contributed by atoms with Gasteiger partial charge in [-0.25, -0.2) is 0 Å².